The maximum atomic E-state index is 11.2. The summed E-state index contributed by atoms with van der Waals surface area (Å²) in [6.45, 7) is 9.56. The first-order valence-corrected chi connectivity index (χ1v) is 12.0. The molecule has 30 heavy (non-hydrogen) atoms. The summed E-state index contributed by atoms with van der Waals surface area (Å²) >= 11 is 1.51. The van der Waals surface area contributed by atoms with Gasteiger partial charge in [-0.15, -0.1) is 0 Å². The molecule has 1 saturated carbocycles. The maximum Gasteiger partial charge on any atom is 0.132 e. The second-order valence-electron chi connectivity index (χ2n) is 9.92. The van der Waals surface area contributed by atoms with E-state index in [4.69, 9.17) is 0 Å². The van der Waals surface area contributed by atoms with Crippen LogP contribution < -0.4 is 0 Å². The van der Waals surface area contributed by atoms with Crippen molar-refractivity contribution < 1.29 is 10.2 Å². The van der Waals surface area contributed by atoms with Crippen LogP contribution in [0.25, 0.3) is 0 Å². The van der Waals surface area contributed by atoms with Crippen LogP contribution in [0.5, 0.6) is 11.5 Å². The summed E-state index contributed by atoms with van der Waals surface area (Å²) in [5.74, 6) is 1.72. The Hall–Kier alpha value is -1.87. The molecule has 0 aliphatic heterocycles. The molecule has 0 saturated heterocycles. The molecule has 160 valence electrons. The molecule has 0 heterocycles. The van der Waals surface area contributed by atoms with Crippen molar-refractivity contribution in [2.45, 2.75) is 69.6 Å². The van der Waals surface area contributed by atoms with E-state index in [2.05, 4.69) is 33.8 Å². The zero-order chi connectivity index (χ0) is 21.5. The Labute approximate surface area is 185 Å². The molecule has 0 bridgehead atoms. The van der Waals surface area contributed by atoms with Crippen LogP contribution in [-0.2, 0) is 6.42 Å². The molecular weight excluding hydrogens is 388 g/mol. The smallest absolute Gasteiger partial charge is 0.132 e. The van der Waals surface area contributed by atoms with Crippen LogP contribution >= 0.6 is 11.8 Å². The van der Waals surface area contributed by atoms with Gasteiger partial charge in [0, 0.05) is 4.90 Å². The Bertz CT molecular complexity index is 951. The molecule has 2 nitrogen and oxygen atoms in total. The lowest BCUT2D eigenvalue weighted by atomic mass is 9.47. The third-order valence-electron chi connectivity index (χ3n) is 8.28. The largest absolute Gasteiger partial charge is 0.508 e. The lowest BCUT2D eigenvalue weighted by Crippen LogP contribution is -2.50. The fraction of sp³-hybridized carbons (Fsp3) is 0.481. The van der Waals surface area contributed by atoms with Crippen LogP contribution in [0.2, 0.25) is 0 Å². The standard InChI is InChI=1S/C27H34O2S/c1-18-9-8-12-24-26(18,3)14-13-19(2)27(24,4)17-20-15-21(28)16-23(25(20)29)30-22-10-6-5-7-11-22/h5-7,9-11,15-16,19,24,28-29H,8,12-14,17H2,1-4H3/t19-,24+,26+,27+/m0/s1. The van der Waals surface area contributed by atoms with Gasteiger partial charge >= 0.3 is 0 Å². The molecule has 0 aromatic heterocycles. The van der Waals surface area contributed by atoms with Crippen LogP contribution in [-0.4, -0.2) is 10.2 Å². The summed E-state index contributed by atoms with van der Waals surface area (Å²) in [5, 5.41) is 21.6. The highest BCUT2D eigenvalue weighted by molar-refractivity contribution is 7.99. The maximum absolute atomic E-state index is 11.2. The first kappa shape index (κ1) is 21.4. The minimum Gasteiger partial charge on any atom is -0.508 e. The van der Waals surface area contributed by atoms with Gasteiger partial charge in [-0.05, 0) is 91.5 Å². The van der Waals surface area contributed by atoms with E-state index in [9.17, 15) is 10.2 Å². The number of benzene rings is 2. The van der Waals surface area contributed by atoms with Crippen molar-refractivity contribution in [1.82, 2.24) is 0 Å². The Morgan fingerprint density at radius 2 is 1.80 bits per heavy atom. The molecule has 2 aromatic carbocycles. The SMILES string of the molecule is CC1=CCC[C@H]2[C@](C)(Cc3cc(O)cc(Sc4ccccc4)c3O)[C@@H](C)CC[C@]12C. The monoisotopic (exact) mass is 422 g/mol. The van der Waals surface area contributed by atoms with Gasteiger partial charge in [0.25, 0.3) is 0 Å². The third kappa shape index (κ3) is 3.66. The van der Waals surface area contributed by atoms with Gasteiger partial charge in [-0.2, -0.15) is 0 Å². The number of rotatable bonds is 4. The molecule has 0 spiro atoms. The summed E-state index contributed by atoms with van der Waals surface area (Å²) < 4.78 is 0. The first-order chi connectivity index (χ1) is 14.2. The second kappa shape index (κ2) is 8.00. The highest BCUT2D eigenvalue weighted by Gasteiger charge is 2.53. The van der Waals surface area contributed by atoms with Gasteiger partial charge in [-0.3, -0.25) is 0 Å². The lowest BCUT2D eigenvalue weighted by Gasteiger charge is -2.58. The van der Waals surface area contributed by atoms with Gasteiger partial charge in [-0.1, -0.05) is 62.4 Å². The number of phenols is 2. The number of aromatic hydroxyl groups is 2. The van der Waals surface area contributed by atoms with Crippen molar-refractivity contribution in [2.75, 3.05) is 0 Å². The van der Waals surface area contributed by atoms with E-state index in [-0.39, 0.29) is 16.6 Å². The topological polar surface area (TPSA) is 40.5 Å². The minimum atomic E-state index is 0.0858. The average Bonchev–Trinajstić information content (AvgIpc) is 2.71. The van der Waals surface area contributed by atoms with E-state index in [1.165, 1.54) is 36.6 Å². The van der Waals surface area contributed by atoms with Gasteiger partial charge in [0.15, 0.2) is 0 Å². The van der Waals surface area contributed by atoms with Crippen molar-refractivity contribution in [3.63, 3.8) is 0 Å². The zero-order valence-corrected chi connectivity index (χ0v) is 19.4. The number of allylic oxidation sites excluding steroid dienone is 2. The lowest BCUT2D eigenvalue weighted by molar-refractivity contribution is -0.0412. The van der Waals surface area contributed by atoms with Crippen LogP contribution in [0.1, 0.15) is 58.9 Å². The highest BCUT2D eigenvalue weighted by Crippen LogP contribution is 2.61. The van der Waals surface area contributed by atoms with E-state index in [1.54, 1.807) is 12.1 Å². The van der Waals surface area contributed by atoms with Crippen molar-refractivity contribution in [1.29, 1.82) is 0 Å². The molecule has 2 aromatic rings. The molecule has 0 radical (unpaired) electrons. The summed E-state index contributed by atoms with van der Waals surface area (Å²) in [4.78, 5) is 1.79. The number of hydrogen-bond donors (Lipinski definition) is 2. The van der Waals surface area contributed by atoms with E-state index in [1.807, 2.05) is 30.3 Å². The summed E-state index contributed by atoms with van der Waals surface area (Å²) in [6, 6.07) is 13.5. The molecule has 2 N–H and O–H groups in total. The van der Waals surface area contributed by atoms with Crippen molar-refractivity contribution in [3.05, 3.63) is 59.7 Å². The molecule has 2 aliphatic rings. The Balaban J connectivity index is 1.70. The quantitative estimate of drug-likeness (QED) is 0.394. The Morgan fingerprint density at radius 1 is 1.07 bits per heavy atom. The van der Waals surface area contributed by atoms with Gasteiger partial charge in [0.05, 0.1) is 4.90 Å². The Kier molecular flexibility index (Phi) is 5.69. The first-order valence-electron chi connectivity index (χ1n) is 11.2. The minimum absolute atomic E-state index is 0.0858. The highest BCUT2D eigenvalue weighted by atomic mass is 32.2. The van der Waals surface area contributed by atoms with Gasteiger partial charge in [0.1, 0.15) is 11.5 Å². The van der Waals surface area contributed by atoms with Gasteiger partial charge in [0.2, 0.25) is 0 Å². The zero-order valence-electron chi connectivity index (χ0n) is 18.6. The van der Waals surface area contributed by atoms with E-state index in [0.717, 1.165) is 28.2 Å². The fourth-order valence-corrected chi connectivity index (χ4v) is 7.05. The van der Waals surface area contributed by atoms with E-state index in [0.29, 0.717) is 17.6 Å². The Morgan fingerprint density at radius 3 is 2.53 bits per heavy atom. The van der Waals surface area contributed by atoms with Crippen molar-refractivity contribution in [3.8, 4) is 11.5 Å². The predicted octanol–water partition coefficient (Wildman–Crippen LogP) is 7.59. The predicted molar refractivity (Wildman–Crippen MR) is 125 cm³/mol. The summed E-state index contributed by atoms with van der Waals surface area (Å²) in [7, 11) is 0. The van der Waals surface area contributed by atoms with E-state index >= 15 is 0 Å². The van der Waals surface area contributed by atoms with Crippen molar-refractivity contribution >= 4 is 11.8 Å². The van der Waals surface area contributed by atoms with Crippen LogP contribution in [0, 0.1) is 22.7 Å². The fourth-order valence-electron chi connectivity index (χ4n) is 6.10. The molecule has 4 rings (SSSR count). The molecule has 1 fully saturated rings. The third-order valence-corrected chi connectivity index (χ3v) is 9.31. The number of hydrogen-bond acceptors (Lipinski definition) is 3. The molecule has 3 heteroatoms. The number of phenolic OH excluding ortho intramolecular Hbond substituents is 2. The van der Waals surface area contributed by atoms with Crippen LogP contribution in [0.3, 0.4) is 0 Å². The van der Waals surface area contributed by atoms with E-state index < -0.39 is 0 Å². The van der Waals surface area contributed by atoms with Gasteiger partial charge in [-0.25, -0.2) is 0 Å². The van der Waals surface area contributed by atoms with Crippen LogP contribution in [0.15, 0.2) is 63.9 Å². The summed E-state index contributed by atoms with van der Waals surface area (Å²) in [5.41, 5.74) is 2.74. The van der Waals surface area contributed by atoms with Gasteiger partial charge < -0.3 is 10.2 Å². The molecule has 0 amide bonds. The summed E-state index contributed by atoms with van der Waals surface area (Å²) in [6.07, 6.45) is 8.05. The number of fused-ring (bicyclic) bond motifs is 1. The normalized spacial score (nSPS) is 31.1. The van der Waals surface area contributed by atoms with Crippen molar-refractivity contribution in [2.24, 2.45) is 22.7 Å². The molecule has 2 aliphatic carbocycles. The second-order valence-corrected chi connectivity index (χ2v) is 11.0. The molecule has 0 unspecified atom stereocenters. The van der Waals surface area contributed by atoms with Crippen LogP contribution in [0.4, 0.5) is 0 Å². The molecule has 4 atom stereocenters. The average molecular weight is 423 g/mol. The molecular formula is C27H34O2S.